The fourth-order valence-electron chi connectivity index (χ4n) is 10.2. The molecule has 0 bridgehead atoms. The maximum Gasteiger partial charge on any atom is 0.416 e. The van der Waals surface area contributed by atoms with Crippen molar-refractivity contribution in [2.24, 2.45) is 0 Å². The van der Waals surface area contributed by atoms with E-state index in [-0.39, 0.29) is 5.41 Å². The molecule has 0 saturated carbocycles. The van der Waals surface area contributed by atoms with Crippen molar-refractivity contribution in [3.8, 4) is 22.3 Å². The van der Waals surface area contributed by atoms with E-state index in [9.17, 15) is 13.2 Å². The molecule has 0 fully saturated rings. The molecule has 9 aromatic rings. The second kappa shape index (κ2) is 12.4. The number of alkyl halides is 3. The Balaban J connectivity index is 1.22. The number of halogens is 3. The predicted molar refractivity (Wildman–Crippen MR) is 238 cm³/mol. The number of fused-ring (bicyclic) bond motifs is 16. The Morgan fingerprint density at radius 1 is 0.390 bits per heavy atom. The van der Waals surface area contributed by atoms with Crippen molar-refractivity contribution in [3.63, 3.8) is 0 Å². The molecule has 0 heterocycles. The third-order valence-corrected chi connectivity index (χ3v) is 12.9. The maximum atomic E-state index is 13.9. The fourth-order valence-corrected chi connectivity index (χ4v) is 10.2. The molecule has 4 heteroatoms. The monoisotopic (exact) mass is 771 g/mol. The van der Waals surface area contributed by atoms with Gasteiger partial charge in [-0.05, 0) is 155 Å². The smallest absolute Gasteiger partial charge is 0.310 e. The van der Waals surface area contributed by atoms with E-state index in [0.717, 1.165) is 22.5 Å². The average molecular weight is 772 g/mol. The number of hydrogen-bond acceptors (Lipinski definition) is 1. The Morgan fingerprint density at radius 3 is 1.44 bits per heavy atom. The van der Waals surface area contributed by atoms with E-state index < -0.39 is 17.2 Å². The summed E-state index contributed by atoms with van der Waals surface area (Å²) in [6, 6.07) is 58.6. The topological polar surface area (TPSA) is 3.24 Å². The molecule has 1 atom stereocenters. The standard InChI is InChI=1S/C55H40F3N/c1-33-17-27-44-45-28-26-38(59(36-22-18-34(19-23-36)53(2,3)4)37-24-20-35(21-25-37)55(56,57)58)30-51(45)54(50(44)29-33)49-16-10-9-15-43(49)48-31-46-41-13-7-5-11-39(41)40-12-6-8-14-42(40)47(46)32-52(48)54/h5-32H,1-4H3. The Kier molecular flexibility index (Phi) is 7.48. The minimum atomic E-state index is -4.44. The first-order valence-electron chi connectivity index (χ1n) is 20.2. The summed E-state index contributed by atoms with van der Waals surface area (Å²) in [7, 11) is 0. The Bertz CT molecular complexity index is 3130. The van der Waals surface area contributed by atoms with Crippen molar-refractivity contribution in [1.29, 1.82) is 0 Å². The summed E-state index contributed by atoms with van der Waals surface area (Å²) in [5.74, 6) is 0. The lowest BCUT2D eigenvalue weighted by Crippen LogP contribution is -2.26. The molecule has 0 amide bonds. The van der Waals surface area contributed by atoms with Crippen LogP contribution < -0.4 is 4.90 Å². The minimum absolute atomic E-state index is 0.0629. The Hall–Kier alpha value is -6.65. The van der Waals surface area contributed by atoms with Gasteiger partial charge < -0.3 is 4.90 Å². The molecule has 1 nitrogen and oxygen atoms in total. The zero-order valence-corrected chi connectivity index (χ0v) is 33.2. The zero-order valence-electron chi connectivity index (χ0n) is 33.2. The van der Waals surface area contributed by atoms with E-state index in [1.807, 2.05) is 0 Å². The molecule has 0 aromatic heterocycles. The summed E-state index contributed by atoms with van der Waals surface area (Å²) in [5.41, 5.74) is 13.0. The van der Waals surface area contributed by atoms with Gasteiger partial charge in [-0.2, -0.15) is 13.2 Å². The Labute approximate surface area is 342 Å². The number of benzene rings is 9. The van der Waals surface area contributed by atoms with Crippen LogP contribution in [0.5, 0.6) is 0 Å². The molecular formula is C55H40F3N. The molecule has 2 aliphatic carbocycles. The van der Waals surface area contributed by atoms with Crippen LogP contribution in [0.4, 0.5) is 30.2 Å². The third kappa shape index (κ3) is 5.12. The summed E-state index contributed by atoms with van der Waals surface area (Å²) in [4.78, 5) is 2.09. The van der Waals surface area contributed by atoms with E-state index in [2.05, 4.69) is 178 Å². The van der Waals surface area contributed by atoms with Crippen molar-refractivity contribution in [2.45, 2.75) is 44.7 Å². The summed E-state index contributed by atoms with van der Waals surface area (Å²) in [5, 5.41) is 7.38. The molecule has 59 heavy (non-hydrogen) atoms. The van der Waals surface area contributed by atoms with Gasteiger partial charge in [-0.3, -0.25) is 0 Å². The lowest BCUT2D eigenvalue weighted by atomic mass is 9.70. The lowest BCUT2D eigenvalue weighted by molar-refractivity contribution is -0.137. The first-order valence-corrected chi connectivity index (χ1v) is 20.2. The summed E-state index contributed by atoms with van der Waals surface area (Å²) in [6.07, 6.45) is -4.44. The van der Waals surface area contributed by atoms with Crippen LogP contribution in [-0.2, 0) is 17.0 Å². The molecule has 0 N–H and O–H groups in total. The van der Waals surface area contributed by atoms with Crippen LogP contribution in [-0.4, -0.2) is 0 Å². The summed E-state index contributed by atoms with van der Waals surface area (Å²) < 4.78 is 41.7. The second-order valence-electron chi connectivity index (χ2n) is 17.3. The highest BCUT2D eigenvalue weighted by Crippen LogP contribution is 2.64. The van der Waals surface area contributed by atoms with Gasteiger partial charge in [0, 0.05) is 17.1 Å². The van der Waals surface area contributed by atoms with Gasteiger partial charge in [0.2, 0.25) is 0 Å². The van der Waals surface area contributed by atoms with Crippen molar-refractivity contribution >= 4 is 49.4 Å². The van der Waals surface area contributed by atoms with Crippen molar-refractivity contribution in [3.05, 3.63) is 209 Å². The summed E-state index contributed by atoms with van der Waals surface area (Å²) >= 11 is 0. The predicted octanol–water partition coefficient (Wildman–Crippen LogP) is 15.6. The van der Waals surface area contributed by atoms with Gasteiger partial charge in [0.25, 0.3) is 0 Å². The number of rotatable bonds is 3. The quantitative estimate of drug-likeness (QED) is 0.162. The van der Waals surface area contributed by atoms with Gasteiger partial charge in [-0.25, -0.2) is 0 Å². The van der Waals surface area contributed by atoms with E-state index in [1.165, 1.54) is 89.0 Å². The highest BCUT2D eigenvalue weighted by Gasteiger charge is 2.52. The van der Waals surface area contributed by atoms with Gasteiger partial charge in [-0.15, -0.1) is 0 Å². The molecule has 9 aromatic carbocycles. The number of aryl methyl sites for hydroxylation is 1. The molecule has 0 aliphatic heterocycles. The van der Waals surface area contributed by atoms with Crippen LogP contribution in [0.3, 0.4) is 0 Å². The lowest BCUT2D eigenvalue weighted by Gasteiger charge is -2.33. The second-order valence-corrected chi connectivity index (χ2v) is 17.3. The largest absolute Gasteiger partial charge is 0.416 e. The molecule has 1 unspecified atom stereocenters. The molecular weight excluding hydrogens is 732 g/mol. The highest BCUT2D eigenvalue weighted by atomic mass is 19.4. The van der Waals surface area contributed by atoms with Crippen molar-refractivity contribution in [1.82, 2.24) is 0 Å². The molecule has 2 aliphatic rings. The maximum absolute atomic E-state index is 13.9. The van der Waals surface area contributed by atoms with Gasteiger partial charge >= 0.3 is 6.18 Å². The molecule has 286 valence electrons. The minimum Gasteiger partial charge on any atom is -0.310 e. The molecule has 0 radical (unpaired) electrons. The van der Waals surface area contributed by atoms with Crippen molar-refractivity contribution < 1.29 is 13.2 Å². The van der Waals surface area contributed by atoms with E-state index in [4.69, 9.17) is 0 Å². The van der Waals surface area contributed by atoms with Gasteiger partial charge in [0.05, 0.1) is 11.0 Å². The van der Waals surface area contributed by atoms with Crippen LogP contribution >= 0.6 is 0 Å². The van der Waals surface area contributed by atoms with Crippen molar-refractivity contribution in [2.75, 3.05) is 4.90 Å². The van der Waals surface area contributed by atoms with E-state index in [0.29, 0.717) is 5.69 Å². The third-order valence-electron chi connectivity index (χ3n) is 12.9. The zero-order chi connectivity index (χ0) is 40.4. The number of anilines is 3. The highest BCUT2D eigenvalue weighted by molar-refractivity contribution is 6.26. The molecule has 1 spiro atoms. The first-order chi connectivity index (χ1) is 28.4. The molecule has 0 saturated heterocycles. The van der Waals surface area contributed by atoms with Crippen LogP contribution in [0.2, 0.25) is 0 Å². The first kappa shape index (κ1) is 35.5. The molecule has 11 rings (SSSR count). The van der Waals surface area contributed by atoms with Crippen LogP contribution in [0, 0.1) is 6.92 Å². The van der Waals surface area contributed by atoms with Gasteiger partial charge in [0.1, 0.15) is 0 Å². The van der Waals surface area contributed by atoms with Crippen LogP contribution in [0.1, 0.15) is 59.7 Å². The Morgan fingerprint density at radius 2 is 0.847 bits per heavy atom. The SMILES string of the molecule is Cc1ccc2c(c1)C1(c3ccccc3-c3cc4c5ccccc5c5ccccc5c4cc31)c1cc(N(c3ccc(C(C)(C)C)cc3)c3ccc(C(F)(F)F)cc3)ccc1-2. The van der Waals surface area contributed by atoms with Crippen LogP contribution in [0.15, 0.2) is 170 Å². The number of nitrogens with zero attached hydrogens (tertiary/aromatic N) is 1. The van der Waals surface area contributed by atoms with Crippen LogP contribution in [0.25, 0.3) is 54.6 Å². The van der Waals surface area contributed by atoms with E-state index >= 15 is 0 Å². The average Bonchev–Trinajstić information content (AvgIpc) is 3.69. The number of hydrogen-bond donors (Lipinski definition) is 0. The van der Waals surface area contributed by atoms with E-state index in [1.54, 1.807) is 12.1 Å². The summed E-state index contributed by atoms with van der Waals surface area (Å²) in [6.45, 7) is 8.71. The van der Waals surface area contributed by atoms with Gasteiger partial charge in [0.15, 0.2) is 0 Å². The normalized spacial score (nSPS) is 15.4. The van der Waals surface area contributed by atoms with Gasteiger partial charge in [-0.1, -0.05) is 136 Å². The fraction of sp³-hybridized carbons (Fsp3) is 0.127.